The molecule has 0 unspecified atom stereocenters. The Balaban J connectivity index is 2.32. The monoisotopic (exact) mass is 179 g/mol. The molecule has 0 radical (unpaired) electrons. The summed E-state index contributed by atoms with van der Waals surface area (Å²) in [6, 6.07) is 0.685. The van der Waals surface area contributed by atoms with Crippen LogP contribution in [0.1, 0.15) is 35.8 Å². The van der Waals surface area contributed by atoms with Gasteiger partial charge in [-0.05, 0) is 45.2 Å². The third-order valence-electron chi connectivity index (χ3n) is 2.76. The SMILES string of the molecule is Cc1nn(C2CC2)c(C)c1CCN. The molecule has 3 heteroatoms. The molecule has 0 amide bonds. The van der Waals surface area contributed by atoms with Crippen molar-refractivity contribution in [2.75, 3.05) is 6.54 Å². The zero-order chi connectivity index (χ0) is 9.42. The van der Waals surface area contributed by atoms with Crippen LogP contribution in [0.5, 0.6) is 0 Å². The summed E-state index contributed by atoms with van der Waals surface area (Å²) in [5.74, 6) is 0. The van der Waals surface area contributed by atoms with Crippen LogP contribution in [-0.2, 0) is 6.42 Å². The second-order valence-corrected chi connectivity index (χ2v) is 3.86. The lowest BCUT2D eigenvalue weighted by Crippen LogP contribution is -2.05. The first kappa shape index (κ1) is 8.75. The van der Waals surface area contributed by atoms with E-state index >= 15 is 0 Å². The summed E-state index contributed by atoms with van der Waals surface area (Å²) < 4.78 is 2.18. The first-order valence-electron chi connectivity index (χ1n) is 4.98. The Labute approximate surface area is 78.9 Å². The highest BCUT2D eigenvalue weighted by atomic mass is 15.3. The predicted molar refractivity (Wildman–Crippen MR) is 52.7 cm³/mol. The standard InChI is InChI=1S/C10H17N3/c1-7-10(5-6-11)8(2)13(12-7)9-3-4-9/h9H,3-6,11H2,1-2H3. The number of aryl methyl sites for hydroxylation is 1. The van der Waals surface area contributed by atoms with E-state index < -0.39 is 0 Å². The van der Waals surface area contributed by atoms with Gasteiger partial charge in [-0.3, -0.25) is 4.68 Å². The van der Waals surface area contributed by atoms with Crippen LogP contribution >= 0.6 is 0 Å². The molecule has 2 rings (SSSR count). The van der Waals surface area contributed by atoms with Crippen molar-refractivity contribution >= 4 is 0 Å². The Hall–Kier alpha value is -0.830. The van der Waals surface area contributed by atoms with Gasteiger partial charge in [-0.1, -0.05) is 0 Å². The lowest BCUT2D eigenvalue weighted by Gasteiger charge is -2.01. The Morgan fingerprint density at radius 1 is 1.46 bits per heavy atom. The molecule has 1 aliphatic rings. The van der Waals surface area contributed by atoms with Gasteiger partial charge in [0.05, 0.1) is 11.7 Å². The zero-order valence-corrected chi connectivity index (χ0v) is 8.38. The lowest BCUT2D eigenvalue weighted by atomic mass is 10.1. The molecule has 13 heavy (non-hydrogen) atoms. The van der Waals surface area contributed by atoms with Crippen molar-refractivity contribution in [3.8, 4) is 0 Å². The third-order valence-corrected chi connectivity index (χ3v) is 2.76. The fourth-order valence-corrected chi connectivity index (χ4v) is 1.88. The van der Waals surface area contributed by atoms with E-state index in [0.717, 1.165) is 18.7 Å². The average molecular weight is 179 g/mol. The van der Waals surface area contributed by atoms with E-state index in [9.17, 15) is 0 Å². The number of rotatable bonds is 3. The maximum absolute atomic E-state index is 5.56. The highest BCUT2D eigenvalue weighted by Crippen LogP contribution is 2.36. The quantitative estimate of drug-likeness (QED) is 0.761. The first-order valence-corrected chi connectivity index (χ1v) is 4.98. The van der Waals surface area contributed by atoms with Gasteiger partial charge in [-0.25, -0.2) is 0 Å². The smallest absolute Gasteiger partial charge is 0.0629 e. The van der Waals surface area contributed by atoms with Crippen LogP contribution in [0, 0.1) is 13.8 Å². The highest BCUT2D eigenvalue weighted by Gasteiger charge is 2.27. The molecule has 3 nitrogen and oxygen atoms in total. The maximum atomic E-state index is 5.56. The minimum Gasteiger partial charge on any atom is -0.330 e. The van der Waals surface area contributed by atoms with Gasteiger partial charge in [-0.15, -0.1) is 0 Å². The van der Waals surface area contributed by atoms with Crippen LogP contribution in [0.2, 0.25) is 0 Å². The molecule has 1 aromatic rings. The average Bonchev–Trinajstić information content (AvgIpc) is 2.88. The summed E-state index contributed by atoms with van der Waals surface area (Å²) in [5.41, 5.74) is 9.40. The van der Waals surface area contributed by atoms with E-state index in [1.807, 2.05) is 0 Å². The lowest BCUT2D eigenvalue weighted by molar-refractivity contribution is 0.616. The molecular formula is C10H17N3. The highest BCUT2D eigenvalue weighted by molar-refractivity contribution is 5.25. The molecule has 72 valence electrons. The molecule has 0 aliphatic heterocycles. The largest absolute Gasteiger partial charge is 0.330 e. The molecule has 0 atom stereocenters. The molecule has 0 saturated heterocycles. The minimum absolute atomic E-state index is 0.685. The summed E-state index contributed by atoms with van der Waals surface area (Å²) in [4.78, 5) is 0. The maximum Gasteiger partial charge on any atom is 0.0629 e. The first-order chi connectivity index (χ1) is 6.24. The number of nitrogens with two attached hydrogens (primary N) is 1. The van der Waals surface area contributed by atoms with Crippen molar-refractivity contribution in [1.29, 1.82) is 0 Å². The van der Waals surface area contributed by atoms with Gasteiger partial charge in [0.1, 0.15) is 0 Å². The molecule has 0 aromatic carbocycles. The molecule has 2 N–H and O–H groups in total. The van der Waals surface area contributed by atoms with Crippen LogP contribution in [0.25, 0.3) is 0 Å². The van der Waals surface area contributed by atoms with E-state index in [1.165, 1.54) is 24.1 Å². The van der Waals surface area contributed by atoms with Crippen LogP contribution in [-0.4, -0.2) is 16.3 Å². The van der Waals surface area contributed by atoms with E-state index in [0.29, 0.717) is 6.04 Å². The molecule has 1 fully saturated rings. The summed E-state index contributed by atoms with van der Waals surface area (Å²) >= 11 is 0. The van der Waals surface area contributed by atoms with Gasteiger partial charge in [0, 0.05) is 5.69 Å². The summed E-state index contributed by atoms with van der Waals surface area (Å²) in [5, 5.41) is 4.55. The van der Waals surface area contributed by atoms with Crippen LogP contribution in [0.3, 0.4) is 0 Å². The second-order valence-electron chi connectivity index (χ2n) is 3.86. The second kappa shape index (κ2) is 3.14. The van der Waals surface area contributed by atoms with Crippen LogP contribution in [0.15, 0.2) is 0 Å². The van der Waals surface area contributed by atoms with E-state index in [4.69, 9.17) is 5.73 Å². The van der Waals surface area contributed by atoms with Crippen LogP contribution in [0.4, 0.5) is 0 Å². The van der Waals surface area contributed by atoms with Gasteiger partial charge in [0.2, 0.25) is 0 Å². The van der Waals surface area contributed by atoms with Gasteiger partial charge in [-0.2, -0.15) is 5.10 Å². The molecule has 1 saturated carbocycles. The van der Waals surface area contributed by atoms with Gasteiger partial charge in [0.25, 0.3) is 0 Å². The Morgan fingerprint density at radius 3 is 2.69 bits per heavy atom. The van der Waals surface area contributed by atoms with Crippen molar-refractivity contribution in [3.05, 3.63) is 17.0 Å². The van der Waals surface area contributed by atoms with Crippen molar-refractivity contribution in [2.45, 2.75) is 39.2 Å². The molecular weight excluding hydrogens is 162 g/mol. The Kier molecular flexibility index (Phi) is 2.12. The number of aromatic nitrogens is 2. The number of nitrogens with zero attached hydrogens (tertiary/aromatic N) is 2. The van der Waals surface area contributed by atoms with E-state index in [2.05, 4.69) is 23.6 Å². The van der Waals surface area contributed by atoms with Gasteiger partial charge < -0.3 is 5.73 Å². The molecule has 1 heterocycles. The van der Waals surface area contributed by atoms with Crippen molar-refractivity contribution in [3.63, 3.8) is 0 Å². The molecule has 1 aliphatic carbocycles. The third kappa shape index (κ3) is 1.48. The van der Waals surface area contributed by atoms with Crippen molar-refractivity contribution in [2.24, 2.45) is 5.73 Å². The molecule has 0 spiro atoms. The van der Waals surface area contributed by atoms with Crippen molar-refractivity contribution < 1.29 is 0 Å². The fraction of sp³-hybridized carbons (Fsp3) is 0.700. The molecule has 1 aromatic heterocycles. The predicted octanol–water partition coefficient (Wildman–Crippen LogP) is 1.34. The van der Waals surface area contributed by atoms with E-state index in [1.54, 1.807) is 0 Å². The number of hydrogen-bond acceptors (Lipinski definition) is 2. The summed E-state index contributed by atoms with van der Waals surface area (Å²) in [6.45, 7) is 4.96. The topological polar surface area (TPSA) is 43.8 Å². The van der Waals surface area contributed by atoms with E-state index in [-0.39, 0.29) is 0 Å². The van der Waals surface area contributed by atoms with Gasteiger partial charge >= 0.3 is 0 Å². The minimum atomic E-state index is 0.685. The van der Waals surface area contributed by atoms with Gasteiger partial charge in [0.15, 0.2) is 0 Å². The molecule has 0 bridgehead atoms. The summed E-state index contributed by atoms with van der Waals surface area (Å²) in [6.07, 6.45) is 3.55. The Bertz CT molecular complexity index is 310. The summed E-state index contributed by atoms with van der Waals surface area (Å²) in [7, 11) is 0. The Morgan fingerprint density at radius 2 is 2.15 bits per heavy atom. The number of hydrogen-bond donors (Lipinski definition) is 1. The van der Waals surface area contributed by atoms with Crippen molar-refractivity contribution in [1.82, 2.24) is 9.78 Å². The van der Waals surface area contributed by atoms with Crippen LogP contribution < -0.4 is 5.73 Å². The normalized spacial score (nSPS) is 16.5. The fourth-order valence-electron chi connectivity index (χ4n) is 1.88. The zero-order valence-electron chi connectivity index (χ0n) is 8.38.